The predicted octanol–water partition coefficient (Wildman–Crippen LogP) is 3.85. The van der Waals surface area contributed by atoms with Crippen molar-refractivity contribution < 1.29 is 14.2 Å². The van der Waals surface area contributed by atoms with Crippen LogP contribution in [0.5, 0.6) is 17.2 Å². The molecule has 9 nitrogen and oxygen atoms in total. The lowest BCUT2D eigenvalue weighted by atomic mass is 10.0. The number of methoxy groups -OCH3 is 3. The Hall–Kier alpha value is -3.33. The van der Waals surface area contributed by atoms with Gasteiger partial charge in [-0.3, -0.25) is 4.90 Å². The summed E-state index contributed by atoms with van der Waals surface area (Å²) in [7, 11) is 5.04. The molecule has 1 saturated heterocycles. The second kappa shape index (κ2) is 12.1. The van der Waals surface area contributed by atoms with Gasteiger partial charge in [-0.15, -0.1) is 5.10 Å². The minimum absolute atomic E-state index is 0.172. The molecule has 0 amide bonds. The molecule has 1 aliphatic heterocycles. The van der Waals surface area contributed by atoms with Gasteiger partial charge < -0.3 is 19.1 Å². The molecule has 36 heavy (non-hydrogen) atoms. The first-order chi connectivity index (χ1) is 17.5. The number of aromatic nitrogens is 4. The van der Waals surface area contributed by atoms with Gasteiger partial charge in [0.15, 0.2) is 17.3 Å². The second-order valence-corrected chi connectivity index (χ2v) is 9.54. The molecule has 0 bridgehead atoms. The lowest BCUT2D eigenvalue weighted by Gasteiger charge is -2.40. The second-order valence-electron chi connectivity index (χ2n) is 9.54. The number of aryl methyl sites for hydroxylation is 2. The number of tetrazole rings is 1. The number of anilines is 1. The first-order valence-corrected chi connectivity index (χ1v) is 12.6. The van der Waals surface area contributed by atoms with Crippen molar-refractivity contribution in [3.63, 3.8) is 0 Å². The summed E-state index contributed by atoms with van der Waals surface area (Å²) in [5.74, 6) is 3.85. The summed E-state index contributed by atoms with van der Waals surface area (Å²) in [6.07, 6.45) is 1.81. The van der Waals surface area contributed by atoms with Crippen LogP contribution >= 0.6 is 0 Å². The van der Waals surface area contributed by atoms with E-state index in [4.69, 9.17) is 14.2 Å². The molecule has 0 N–H and O–H groups in total. The Morgan fingerprint density at radius 1 is 0.861 bits per heavy atom. The fraction of sp³-hybridized carbons (Fsp3) is 0.519. The van der Waals surface area contributed by atoms with Gasteiger partial charge in [0.1, 0.15) is 5.75 Å². The van der Waals surface area contributed by atoms with E-state index in [2.05, 4.69) is 57.4 Å². The number of para-hydroxylation sites is 2. The fourth-order valence-electron chi connectivity index (χ4n) is 4.91. The minimum Gasteiger partial charge on any atom is -0.495 e. The third-order valence-electron chi connectivity index (χ3n) is 6.79. The van der Waals surface area contributed by atoms with Crippen molar-refractivity contribution in [1.29, 1.82) is 0 Å². The molecular formula is C27H38N6O3. The molecule has 3 aromatic rings. The van der Waals surface area contributed by atoms with E-state index in [0.29, 0.717) is 12.5 Å². The Morgan fingerprint density at radius 2 is 1.58 bits per heavy atom. The van der Waals surface area contributed by atoms with Crippen molar-refractivity contribution in [2.45, 2.75) is 39.3 Å². The van der Waals surface area contributed by atoms with Gasteiger partial charge in [-0.1, -0.05) is 32.0 Å². The Morgan fingerprint density at radius 3 is 2.28 bits per heavy atom. The Balaban J connectivity index is 1.46. The molecule has 0 spiro atoms. The number of hydrogen-bond donors (Lipinski definition) is 0. The zero-order valence-electron chi connectivity index (χ0n) is 22.1. The van der Waals surface area contributed by atoms with Gasteiger partial charge in [-0.05, 0) is 59.0 Å². The fourth-order valence-corrected chi connectivity index (χ4v) is 4.91. The molecule has 2 heterocycles. The van der Waals surface area contributed by atoms with E-state index in [0.717, 1.165) is 73.3 Å². The molecule has 1 atom stereocenters. The summed E-state index contributed by atoms with van der Waals surface area (Å²) >= 11 is 0. The van der Waals surface area contributed by atoms with Crippen LogP contribution in [0.4, 0.5) is 5.69 Å². The molecule has 0 saturated carbocycles. The van der Waals surface area contributed by atoms with Crippen molar-refractivity contribution in [1.82, 2.24) is 25.1 Å². The van der Waals surface area contributed by atoms with Gasteiger partial charge in [0.25, 0.3) is 0 Å². The molecule has 194 valence electrons. The van der Waals surface area contributed by atoms with Gasteiger partial charge >= 0.3 is 0 Å². The van der Waals surface area contributed by atoms with Crippen LogP contribution < -0.4 is 19.1 Å². The number of nitrogens with zero attached hydrogens (tertiary/aromatic N) is 6. The summed E-state index contributed by atoms with van der Waals surface area (Å²) in [5, 5.41) is 12.9. The van der Waals surface area contributed by atoms with Crippen LogP contribution in [-0.2, 0) is 13.0 Å². The third-order valence-corrected chi connectivity index (χ3v) is 6.79. The average Bonchev–Trinajstić information content (AvgIpc) is 3.38. The quantitative estimate of drug-likeness (QED) is 0.398. The Bertz CT molecular complexity index is 1110. The topological polar surface area (TPSA) is 77.8 Å². The van der Waals surface area contributed by atoms with Gasteiger partial charge in [-0.25, -0.2) is 4.68 Å². The first-order valence-electron chi connectivity index (χ1n) is 12.6. The maximum Gasteiger partial charge on any atom is 0.168 e. The molecule has 2 aromatic carbocycles. The largest absolute Gasteiger partial charge is 0.495 e. The van der Waals surface area contributed by atoms with E-state index in [1.54, 1.807) is 21.3 Å². The normalized spacial score (nSPS) is 15.2. The van der Waals surface area contributed by atoms with Crippen molar-refractivity contribution in [2.24, 2.45) is 5.92 Å². The van der Waals surface area contributed by atoms with Gasteiger partial charge in [-0.2, -0.15) is 0 Å². The standard InChI is InChI=1S/C27H38N6O3/c1-20(2)18-23(32-16-14-31(15-17-32)22-8-6-7-9-24(22)34-3)27-28-29-30-33(27)13-12-21-10-11-25(35-4)26(19-21)36-5/h6-11,19-20,23H,12-18H2,1-5H3/t23-/m1/s1. The number of benzene rings is 2. The highest BCUT2D eigenvalue weighted by Crippen LogP contribution is 2.32. The van der Waals surface area contributed by atoms with Crippen LogP contribution in [0.1, 0.15) is 37.7 Å². The number of ether oxygens (including phenoxy) is 3. The SMILES string of the molecule is COc1ccc(CCn2nnnc2[C@@H](CC(C)C)N2CCN(c3ccccc3OC)CC2)cc1OC. The maximum atomic E-state index is 5.59. The highest BCUT2D eigenvalue weighted by molar-refractivity contribution is 5.58. The van der Waals surface area contributed by atoms with E-state index in [1.165, 1.54) is 0 Å². The van der Waals surface area contributed by atoms with Crippen LogP contribution in [0.3, 0.4) is 0 Å². The van der Waals surface area contributed by atoms with E-state index in [-0.39, 0.29) is 6.04 Å². The summed E-state index contributed by atoms with van der Waals surface area (Å²) in [4.78, 5) is 4.94. The number of piperazine rings is 1. The highest BCUT2D eigenvalue weighted by atomic mass is 16.5. The summed E-state index contributed by atoms with van der Waals surface area (Å²) in [6, 6.07) is 14.4. The van der Waals surface area contributed by atoms with Crippen molar-refractivity contribution in [3.8, 4) is 17.2 Å². The predicted molar refractivity (Wildman–Crippen MR) is 140 cm³/mol. The lowest BCUT2D eigenvalue weighted by Crippen LogP contribution is -2.48. The van der Waals surface area contributed by atoms with Crippen molar-refractivity contribution in [2.75, 3.05) is 52.4 Å². The first kappa shape index (κ1) is 25.8. The van der Waals surface area contributed by atoms with Gasteiger partial charge in [0.05, 0.1) is 33.1 Å². The molecule has 0 unspecified atom stereocenters. The zero-order chi connectivity index (χ0) is 25.5. The van der Waals surface area contributed by atoms with E-state index >= 15 is 0 Å². The molecule has 0 aliphatic carbocycles. The average molecular weight is 495 g/mol. The van der Waals surface area contributed by atoms with Gasteiger partial charge in [0.2, 0.25) is 0 Å². The monoisotopic (exact) mass is 494 g/mol. The Kier molecular flexibility index (Phi) is 8.64. The van der Waals surface area contributed by atoms with Crippen LogP contribution in [-0.4, -0.2) is 72.6 Å². The molecule has 1 fully saturated rings. The van der Waals surface area contributed by atoms with E-state index in [9.17, 15) is 0 Å². The van der Waals surface area contributed by atoms with Crippen LogP contribution in [0.25, 0.3) is 0 Å². The van der Waals surface area contributed by atoms with Crippen molar-refractivity contribution in [3.05, 3.63) is 53.9 Å². The zero-order valence-corrected chi connectivity index (χ0v) is 22.1. The molecule has 0 radical (unpaired) electrons. The van der Waals surface area contributed by atoms with Crippen molar-refractivity contribution >= 4 is 5.69 Å². The van der Waals surface area contributed by atoms with Crippen LogP contribution in [0.15, 0.2) is 42.5 Å². The van der Waals surface area contributed by atoms with E-state index in [1.807, 2.05) is 28.9 Å². The van der Waals surface area contributed by atoms with E-state index < -0.39 is 0 Å². The summed E-state index contributed by atoms with van der Waals surface area (Å²) in [6.45, 7) is 8.97. The summed E-state index contributed by atoms with van der Waals surface area (Å²) < 4.78 is 18.4. The van der Waals surface area contributed by atoms with Crippen LogP contribution in [0.2, 0.25) is 0 Å². The van der Waals surface area contributed by atoms with Crippen LogP contribution in [0, 0.1) is 5.92 Å². The smallest absolute Gasteiger partial charge is 0.168 e. The molecule has 1 aromatic heterocycles. The molecule has 9 heteroatoms. The number of hydrogen-bond acceptors (Lipinski definition) is 8. The third kappa shape index (κ3) is 5.90. The molecular weight excluding hydrogens is 456 g/mol. The lowest BCUT2D eigenvalue weighted by molar-refractivity contribution is 0.152. The number of rotatable bonds is 11. The molecule has 4 rings (SSSR count). The highest BCUT2D eigenvalue weighted by Gasteiger charge is 2.30. The Labute approximate surface area is 213 Å². The summed E-state index contributed by atoms with van der Waals surface area (Å²) in [5.41, 5.74) is 2.31. The molecule has 1 aliphatic rings. The maximum absolute atomic E-state index is 5.59. The van der Waals surface area contributed by atoms with Gasteiger partial charge in [0, 0.05) is 32.7 Å². The minimum atomic E-state index is 0.172.